The van der Waals surface area contributed by atoms with Gasteiger partial charge in [0.2, 0.25) is 0 Å². The lowest BCUT2D eigenvalue weighted by Gasteiger charge is -2.09. The van der Waals surface area contributed by atoms with Gasteiger partial charge in [-0.15, -0.1) is 0 Å². The average Bonchev–Trinajstić information content (AvgIpc) is 3.18. The van der Waals surface area contributed by atoms with Crippen molar-refractivity contribution in [1.82, 2.24) is 15.0 Å². The van der Waals surface area contributed by atoms with Gasteiger partial charge in [-0.25, -0.2) is 9.97 Å². The van der Waals surface area contributed by atoms with Crippen molar-refractivity contribution in [3.8, 4) is 11.4 Å². The molecule has 0 aliphatic heterocycles. The molecule has 0 aliphatic carbocycles. The molecule has 5 heteroatoms. The lowest BCUT2D eigenvalue weighted by atomic mass is 10.1. The van der Waals surface area contributed by atoms with Crippen molar-refractivity contribution in [2.45, 2.75) is 0 Å². The number of carbonyl (C=O) groups is 1. The van der Waals surface area contributed by atoms with Crippen molar-refractivity contribution in [2.24, 2.45) is 0 Å². The third-order valence-electron chi connectivity index (χ3n) is 4.65. The zero-order chi connectivity index (χ0) is 18.9. The number of H-pyrrole nitrogens is 1. The first-order valence-electron chi connectivity index (χ1n) is 8.99. The van der Waals surface area contributed by atoms with E-state index in [1.807, 2.05) is 78.9 Å². The van der Waals surface area contributed by atoms with Gasteiger partial charge in [0.1, 0.15) is 11.5 Å². The molecule has 0 atom stereocenters. The van der Waals surface area contributed by atoms with Gasteiger partial charge >= 0.3 is 0 Å². The fourth-order valence-corrected chi connectivity index (χ4v) is 3.26. The zero-order valence-electron chi connectivity index (χ0n) is 14.9. The van der Waals surface area contributed by atoms with Crippen molar-refractivity contribution in [3.05, 3.63) is 90.6 Å². The van der Waals surface area contributed by atoms with Crippen molar-refractivity contribution in [3.63, 3.8) is 0 Å². The maximum absolute atomic E-state index is 12.8. The Morgan fingerprint density at radius 1 is 0.750 bits per heavy atom. The fourth-order valence-electron chi connectivity index (χ4n) is 3.26. The van der Waals surface area contributed by atoms with Crippen molar-refractivity contribution < 1.29 is 4.79 Å². The number of benzene rings is 3. The van der Waals surface area contributed by atoms with Gasteiger partial charge in [0.25, 0.3) is 5.91 Å². The van der Waals surface area contributed by atoms with E-state index < -0.39 is 0 Å². The summed E-state index contributed by atoms with van der Waals surface area (Å²) < 4.78 is 0. The van der Waals surface area contributed by atoms with E-state index in [2.05, 4.69) is 20.3 Å². The monoisotopic (exact) mass is 364 g/mol. The van der Waals surface area contributed by atoms with Gasteiger partial charge in [-0.3, -0.25) is 4.79 Å². The molecule has 2 aromatic heterocycles. The summed E-state index contributed by atoms with van der Waals surface area (Å²) in [7, 11) is 0. The van der Waals surface area contributed by atoms with Crippen LogP contribution in [0.15, 0.2) is 84.9 Å². The van der Waals surface area contributed by atoms with E-state index in [1.165, 1.54) is 0 Å². The van der Waals surface area contributed by atoms with Gasteiger partial charge in [-0.05, 0) is 36.4 Å². The SMILES string of the molecule is O=C(Nc1ccccc1-c1nc2ccccc2[nH]1)c1ccc2ccccc2n1. The average molecular weight is 364 g/mol. The van der Waals surface area contributed by atoms with E-state index in [0.717, 1.165) is 27.5 Å². The molecule has 5 aromatic rings. The Labute approximate surface area is 161 Å². The summed E-state index contributed by atoms with van der Waals surface area (Å²) in [5.41, 5.74) is 4.51. The lowest BCUT2D eigenvalue weighted by Crippen LogP contribution is -2.14. The number of aromatic nitrogens is 3. The zero-order valence-corrected chi connectivity index (χ0v) is 14.9. The molecular weight excluding hydrogens is 348 g/mol. The Kier molecular flexibility index (Phi) is 3.84. The number of hydrogen-bond donors (Lipinski definition) is 2. The van der Waals surface area contributed by atoms with Crippen LogP contribution in [0.4, 0.5) is 5.69 Å². The Bertz CT molecular complexity index is 1290. The number of amides is 1. The van der Waals surface area contributed by atoms with E-state index in [1.54, 1.807) is 6.07 Å². The van der Waals surface area contributed by atoms with Crippen LogP contribution in [0, 0.1) is 0 Å². The molecule has 0 radical (unpaired) electrons. The van der Waals surface area contributed by atoms with Crippen LogP contribution >= 0.6 is 0 Å². The number of imidazole rings is 1. The van der Waals surface area contributed by atoms with Crippen LogP contribution in [0.2, 0.25) is 0 Å². The highest BCUT2D eigenvalue weighted by atomic mass is 16.1. The maximum Gasteiger partial charge on any atom is 0.274 e. The molecule has 5 nitrogen and oxygen atoms in total. The van der Waals surface area contributed by atoms with E-state index in [4.69, 9.17) is 0 Å². The number of fused-ring (bicyclic) bond motifs is 2. The summed E-state index contributed by atoms with van der Waals surface area (Å²) in [5, 5.41) is 3.97. The van der Waals surface area contributed by atoms with E-state index in [-0.39, 0.29) is 5.91 Å². The lowest BCUT2D eigenvalue weighted by molar-refractivity contribution is 0.102. The Balaban J connectivity index is 1.50. The van der Waals surface area contributed by atoms with E-state index in [9.17, 15) is 4.79 Å². The standard InChI is InChI=1S/C23H16N4O/c28-23(21-14-13-15-7-1-3-9-17(15)24-21)27-18-10-4-2-8-16(18)22-25-19-11-5-6-12-20(19)26-22/h1-14H,(H,25,26)(H,27,28). The van der Waals surface area contributed by atoms with Crippen LogP contribution in [0.5, 0.6) is 0 Å². The fraction of sp³-hybridized carbons (Fsp3) is 0. The van der Waals surface area contributed by atoms with Crippen LogP contribution in [-0.4, -0.2) is 20.9 Å². The molecule has 134 valence electrons. The molecular formula is C23H16N4O. The number of para-hydroxylation sites is 4. The highest BCUT2D eigenvalue weighted by molar-refractivity contribution is 6.06. The summed E-state index contributed by atoms with van der Waals surface area (Å²) in [6.45, 7) is 0. The second-order valence-corrected chi connectivity index (χ2v) is 6.49. The smallest absolute Gasteiger partial charge is 0.274 e. The van der Waals surface area contributed by atoms with Gasteiger partial charge in [0.05, 0.1) is 22.2 Å². The van der Waals surface area contributed by atoms with Gasteiger partial charge in [0.15, 0.2) is 0 Å². The number of carbonyl (C=O) groups excluding carboxylic acids is 1. The molecule has 3 aromatic carbocycles. The molecule has 0 saturated carbocycles. The molecule has 0 bridgehead atoms. The van der Waals surface area contributed by atoms with Crippen LogP contribution in [0.3, 0.4) is 0 Å². The molecule has 0 fully saturated rings. The predicted octanol–water partition coefficient (Wildman–Crippen LogP) is 5.03. The predicted molar refractivity (Wildman–Crippen MR) is 111 cm³/mol. The summed E-state index contributed by atoms with van der Waals surface area (Å²) in [4.78, 5) is 25.2. The minimum absolute atomic E-state index is 0.255. The van der Waals surface area contributed by atoms with Crippen molar-refractivity contribution in [2.75, 3.05) is 5.32 Å². The summed E-state index contributed by atoms with van der Waals surface area (Å²) in [5.74, 6) is 0.456. The summed E-state index contributed by atoms with van der Waals surface area (Å²) in [6.07, 6.45) is 0. The molecule has 1 amide bonds. The molecule has 28 heavy (non-hydrogen) atoms. The number of aromatic amines is 1. The molecule has 0 aliphatic rings. The quantitative estimate of drug-likeness (QED) is 0.472. The number of rotatable bonds is 3. The van der Waals surface area contributed by atoms with Crippen molar-refractivity contribution in [1.29, 1.82) is 0 Å². The highest BCUT2D eigenvalue weighted by Crippen LogP contribution is 2.28. The highest BCUT2D eigenvalue weighted by Gasteiger charge is 2.14. The molecule has 2 heterocycles. The first-order valence-corrected chi connectivity index (χ1v) is 8.99. The minimum Gasteiger partial charge on any atom is -0.338 e. The van der Waals surface area contributed by atoms with E-state index >= 15 is 0 Å². The molecule has 2 N–H and O–H groups in total. The van der Waals surface area contributed by atoms with Crippen LogP contribution in [0.25, 0.3) is 33.3 Å². The summed E-state index contributed by atoms with van der Waals surface area (Å²) in [6, 6.07) is 26.8. The molecule has 0 unspecified atom stereocenters. The second-order valence-electron chi connectivity index (χ2n) is 6.49. The Hall–Kier alpha value is -3.99. The van der Waals surface area contributed by atoms with Gasteiger partial charge in [-0.2, -0.15) is 0 Å². The number of anilines is 1. The van der Waals surface area contributed by atoms with Crippen LogP contribution in [0.1, 0.15) is 10.5 Å². The first-order chi connectivity index (χ1) is 13.8. The Morgan fingerprint density at radius 3 is 2.39 bits per heavy atom. The van der Waals surface area contributed by atoms with E-state index in [0.29, 0.717) is 17.2 Å². The van der Waals surface area contributed by atoms with Crippen LogP contribution < -0.4 is 5.32 Å². The normalized spacial score (nSPS) is 11.0. The van der Waals surface area contributed by atoms with Gasteiger partial charge in [0, 0.05) is 10.9 Å². The third-order valence-corrected chi connectivity index (χ3v) is 4.65. The van der Waals surface area contributed by atoms with Crippen LogP contribution in [-0.2, 0) is 0 Å². The first kappa shape index (κ1) is 16.2. The van der Waals surface area contributed by atoms with Crippen molar-refractivity contribution >= 4 is 33.5 Å². The topological polar surface area (TPSA) is 70.7 Å². The number of hydrogen-bond acceptors (Lipinski definition) is 3. The largest absolute Gasteiger partial charge is 0.338 e. The Morgan fingerprint density at radius 2 is 1.50 bits per heavy atom. The minimum atomic E-state index is -0.255. The molecule has 0 spiro atoms. The number of nitrogens with zero attached hydrogens (tertiary/aromatic N) is 2. The third kappa shape index (κ3) is 2.89. The van der Waals surface area contributed by atoms with Gasteiger partial charge < -0.3 is 10.3 Å². The molecule has 5 rings (SSSR count). The second kappa shape index (κ2) is 6.63. The number of nitrogens with one attached hydrogen (secondary N) is 2. The van der Waals surface area contributed by atoms with Gasteiger partial charge in [-0.1, -0.05) is 48.5 Å². The summed E-state index contributed by atoms with van der Waals surface area (Å²) >= 11 is 0. The number of pyridine rings is 1. The molecule has 0 saturated heterocycles. The maximum atomic E-state index is 12.8.